The molecule has 0 amide bonds. The van der Waals surface area contributed by atoms with Gasteiger partial charge in [-0.15, -0.1) is 0 Å². The van der Waals surface area contributed by atoms with Crippen LogP contribution >= 0.6 is 0 Å². The van der Waals surface area contributed by atoms with Crippen molar-refractivity contribution in [2.24, 2.45) is 0 Å². The normalized spacial score (nSPS) is 18.5. The standard InChI is InChI=1S/C13H19N/c1-11(2)14-10-13(8-9-13)12-6-4-3-5-7-12/h3-7,11,14H,8-10H2,1-2H3. The van der Waals surface area contributed by atoms with Crippen LogP contribution in [0.4, 0.5) is 0 Å². The highest BCUT2D eigenvalue weighted by Crippen LogP contribution is 2.47. The van der Waals surface area contributed by atoms with Gasteiger partial charge in [0.1, 0.15) is 0 Å². The van der Waals surface area contributed by atoms with Gasteiger partial charge >= 0.3 is 0 Å². The summed E-state index contributed by atoms with van der Waals surface area (Å²) in [5, 5.41) is 3.55. The SMILES string of the molecule is CC(C)NCC1(c2ccccc2)CC1. The third-order valence-electron chi connectivity index (χ3n) is 3.09. The van der Waals surface area contributed by atoms with Gasteiger partial charge in [-0.1, -0.05) is 44.2 Å². The molecule has 0 aliphatic heterocycles. The van der Waals surface area contributed by atoms with Crippen LogP contribution in [0, 0.1) is 0 Å². The molecule has 1 aromatic carbocycles. The van der Waals surface area contributed by atoms with Crippen LogP contribution < -0.4 is 5.32 Å². The molecule has 1 aromatic rings. The largest absolute Gasteiger partial charge is 0.314 e. The molecule has 1 heteroatoms. The van der Waals surface area contributed by atoms with Crippen LogP contribution in [0.5, 0.6) is 0 Å². The van der Waals surface area contributed by atoms with Crippen molar-refractivity contribution in [1.29, 1.82) is 0 Å². The molecule has 1 nitrogen and oxygen atoms in total. The third kappa shape index (κ3) is 1.98. The van der Waals surface area contributed by atoms with Crippen LogP contribution in [0.25, 0.3) is 0 Å². The van der Waals surface area contributed by atoms with Crippen molar-refractivity contribution in [2.75, 3.05) is 6.54 Å². The Morgan fingerprint density at radius 2 is 1.86 bits per heavy atom. The summed E-state index contributed by atoms with van der Waals surface area (Å²) in [6, 6.07) is 11.5. The fraction of sp³-hybridized carbons (Fsp3) is 0.538. The molecule has 1 aliphatic rings. The van der Waals surface area contributed by atoms with Crippen molar-refractivity contribution in [1.82, 2.24) is 5.32 Å². The zero-order valence-corrected chi connectivity index (χ0v) is 9.09. The van der Waals surface area contributed by atoms with Crippen molar-refractivity contribution in [3.05, 3.63) is 35.9 Å². The van der Waals surface area contributed by atoms with E-state index in [4.69, 9.17) is 0 Å². The molecule has 1 fully saturated rings. The van der Waals surface area contributed by atoms with Gasteiger partial charge < -0.3 is 5.32 Å². The summed E-state index contributed by atoms with van der Waals surface area (Å²) in [4.78, 5) is 0. The van der Waals surface area contributed by atoms with Crippen molar-refractivity contribution >= 4 is 0 Å². The van der Waals surface area contributed by atoms with E-state index in [0.717, 1.165) is 6.54 Å². The molecule has 1 aliphatic carbocycles. The van der Waals surface area contributed by atoms with E-state index < -0.39 is 0 Å². The Hall–Kier alpha value is -0.820. The average molecular weight is 189 g/mol. The summed E-state index contributed by atoms with van der Waals surface area (Å²) in [7, 11) is 0. The highest BCUT2D eigenvalue weighted by molar-refractivity contribution is 5.31. The molecule has 1 saturated carbocycles. The average Bonchev–Trinajstić information content (AvgIpc) is 2.97. The lowest BCUT2D eigenvalue weighted by atomic mass is 9.96. The maximum atomic E-state index is 3.55. The van der Waals surface area contributed by atoms with Crippen LogP contribution in [-0.2, 0) is 5.41 Å². The summed E-state index contributed by atoms with van der Waals surface area (Å²) < 4.78 is 0. The van der Waals surface area contributed by atoms with Gasteiger partial charge in [-0.2, -0.15) is 0 Å². The second-order valence-electron chi connectivity index (χ2n) is 4.68. The summed E-state index contributed by atoms with van der Waals surface area (Å²) in [5.74, 6) is 0. The molecule has 76 valence electrons. The molecule has 0 radical (unpaired) electrons. The quantitative estimate of drug-likeness (QED) is 0.768. The number of rotatable bonds is 4. The smallest absolute Gasteiger partial charge is 0.00785 e. The third-order valence-corrected chi connectivity index (χ3v) is 3.09. The Bertz CT molecular complexity index is 285. The molecule has 0 spiro atoms. The summed E-state index contributed by atoms with van der Waals surface area (Å²) in [5.41, 5.74) is 1.97. The fourth-order valence-corrected chi connectivity index (χ4v) is 1.91. The van der Waals surface area contributed by atoms with E-state index in [1.807, 2.05) is 0 Å². The first kappa shape index (κ1) is 9.72. The number of hydrogen-bond acceptors (Lipinski definition) is 1. The predicted octanol–water partition coefficient (Wildman–Crippen LogP) is 2.72. The van der Waals surface area contributed by atoms with Crippen LogP contribution in [0.2, 0.25) is 0 Å². The molecule has 0 atom stereocenters. The highest BCUT2D eigenvalue weighted by Gasteiger charge is 2.43. The van der Waals surface area contributed by atoms with Crippen molar-refractivity contribution in [3.8, 4) is 0 Å². The topological polar surface area (TPSA) is 12.0 Å². The van der Waals surface area contributed by atoms with Gasteiger partial charge in [-0.05, 0) is 18.4 Å². The zero-order chi connectivity index (χ0) is 10.0. The molecule has 1 N–H and O–H groups in total. The molecule has 0 aromatic heterocycles. The first-order chi connectivity index (χ1) is 6.73. The van der Waals surface area contributed by atoms with Crippen molar-refractivity contribution < 1.29 is 0 Å². The number of nitrogens with one attached hydrogen (secondary N) is 1. The van der Waals surface area contributed by atoms with E-state index in [9.17, 15) is 0 Å². The van der Waals surface area contributed by atoms with E-state index in [0.29, 0.717) is 11.5 Å². The van der Waals surface area contributed by atoms with Gasteiger partial charge in [0.15, 0.2) is 0 Å². The number of benzene rings is 1. The summed E-state index contributed by atoms with van der Waals surface area (Å²) >= 11 is 0. The fourth-order valence-electron chi connectivity index (χ4n) is 1.91. The second-order valence-corrected chi connectivity index (χ2v) is 4.68. The van der Waals surface area contributed by atoms with Crippen LogP contribution in [0.1, 0.15) is 32.3 Å². The Morgan fingerprint density at radius 3 is 2.36 bits per heavy atom. The molecule has 2 rings (SSSR count). The zero-order valence-electron chi connectivity index (χ0n) is 9.09. The molecule has 0 bridgehead atoms. The molecule has 14 heavy (non-hydrogen) atoms. The molecular formula is C13H19N. The van der Waals surface area contributed by atoms with Gasteiger partial charge in [-0.25, -0.2) is 0 Å². The Labute approximate surface area is 86.5 Å². The second kappa shape index (κ2) is 3.74. The minimum atomic E-state index is 0.464. The van der Waals surface area contributed by atoms with Crippen molar-refractivity contribution in [2.45, 2.75) is 38.1 Å². The van der Waals surface area contributed by atoms with E-state index in [1.54, 1.807) is 0 Å². The Balaban J connectivity index is 2.03. The van der Waals surface area contributed by atoms with E-state index in [1.165, 1.54) is 18.4 Å². The lowest BCUT2D eigenvalue weighted by molar-refractivity contribution is 0.520. The monoisotopic (exact) mass is 189 g/mol. The lowest BCUT2D eigenvalue weighted by Crippen LogP contribution is -2.31. The highest BCUT2D eigenvalue weighted by atomic mass is 14.9. The molecule has 0 unspecified atom stereocenters. The van der Waals surface area contributed by atoms with Gasteiger partial charge in [0.05, 0.1) is 0 Å². The minimum absolute atomic E-state index is 0.464. The van der Waals surface area contributed by atoms with Crippen molar-refractivity contribution in [3.63, 3.8) is 0 Å². The maximum absolute atomic E-state index is 3.55. The number of hydrogen-bond donors (Lipinski definition) is 1. The Kier molecular flexibility index (Phi) is 2.60. The molecule has 0 heterocycles. The van der Waals surface area contributed by atoms with Gasteiger partial charge in [-0.3, -0.25) is 0 Å². The lowest BCUT2D eigenvalue weighted by Gasteiger charge is -2.18. The molecular weight excluding hydrogens is 170 g/mol. The van der Waals surface area contributed by atoms with E-state index in [2.05, 4.69) is 49.5 Å². The summed E-state index contributed by atoms with van der Waals surface area (Å²) in [6.45, 7) is 5.55. The Morgan fingerprint density at radius 1 is 1.21 bits per heavy atom. The van der Waals surface area contributed by atoms with E-state index >= 15 is 0 Å². The van der Waals surface area contributed by atoms with E-state index in [-0.39, 0.29) is 0 Å². The van der Waals surface area contributed by atoms with Gasteiger partial charge in [0.2, 0.25) is 0 Å². The first-order valence-corrected chi connectivity index (χ1v) is 5.52. The molecule has 0 saturated heterocycles. The van der Waals surface area contributed by atoms with Gasteiger partial charge in [0.25, 0.3) is 0 Å². The van der Waals surface area contributed by atoms with Crippen LogP contribution in [0.3, 0.4) is 0 Å². The maximum Gasteiger partial charge on any atom is 0.00785 e. The predicted molar refractivity (Wildman–Crippen MR) is 60.5 cm³/mol. The van der Waals surface area contributed by atoms with Crippen LogP contribution in [0.15, 0.2) is 30.3 Å². The van der Waals surface area contributed by atoms with Gasteiger partial charge in [0, 0.05) is 18.0 Å². The van der Waals surface area contributed by atoms with Crippen LogP contribution in [-0.4, -0.2) is 12.6 Å². The first-order valence-electron chi connectivity index (χ1n) is 5.52. The summed E-state index contributed by atoms with van der Waals surface area (Å²) in [6.07, 6.45) is 2.69. The minimum Gasteiger partial charge on any atom is -0.314 e.